The second-order valence-corrected chi connectivity index (χ2v) is 3.54. The fraction of sp³-hybridized carbons (Fsp3) is 0.182. The minimum absolute atomic E-state index is 0.298. The number of H-pyrrole nitrogens is 1. The topological polar surface area (TPSA) is 48.8 Å². The van der Waals surface area contributed by atoms with Crippen LogP contribution in [-0.2, 0) is 6.42 Å². The summed E-state index contributed by atoms with van der Waals surface area (Å²) in [6.45, 7) is 0. The molecule has 1 aromatic carbocycles. The molecular weight excluding hydrogens is 212 g/mol. The number of benzene rings is 1. The summed E-state index contributed by atoms with van der Waals surface area (Å²) < 4.78 is 5.12. The molecule has 2 aromatic rings. The molecular formula is C11H9ClN2O. The van der Waals surface area contributed by atoms with E-state index in [4.69, 9.17) is 21.6 Å². The summed E-state index contributed by atoms with van der Waals surface area (Å²) in [6.07, 6.45) is 0.298. The van der Waals surface area contributed by atoms with Gasteiger partial charge in [-0.05, 0) is 18.2 Å². The number of rotatable bonds is 2. The first-order chi connectivity index (χ1) is 7.26. The van der Waals surface area contributed by atoms with Crippen molar-refractivity contribution in [3.63, 3.8) is 0 Å². The molecule has 0 aliphatic heterocycles. The van der Waals surface area contributed by atoms with Crippen LogP contribution < -0.4 is 4.74 Å². The summed E-state index contributed by atoms with van der Waals surface area (Å²) in [5, 5.41) is 10.2. The molecule has 0 radical (unpaired) electrons. The van der Waals surface area contributed by atoms with Crippen LogP contribution in [0.3, 0.4) is 0 Å². The SMILES string of the molecule is COc1ccc2[nH]c(Cl)c(CC#N)c2c1. The molecule has 15 heavy (non-hydrogen) atoms. The number of hydrogen-bond donors (Lipinski definition) is 1. The Balaban J connectivity index is 2.67. The van der Waals surface area contributed by atoms with Gasteiger partial charge in [-0.3, -0.25) is 0 Å². The Morgan fingerprint density at radius 1 is 1.53 bits per heavy atom. The highest BCUT2D eigenvalue weighted by molar-refractivity contribution is 6.31. The third kappa shape index (κ3) is 1.64. The Kier molecular flexibility index (Phi) is 2.53. The van der Waals surface area contributed by atoms with Gasteiger partial charge in [0.05, 0.1) is 19.6 Å². The molecule has 3 nitrogen and oxygen atoms in total. The highest BCUT2D eigenvalue weighted by Gasteiger charge is 2.09. The van der Waals surface area contributed by atoms with E-state index in [1.807, 2.05) is 18.2 Å². The van der Waals surface area contributed by atoms with Crippen molar-refractivity contribution in [3.8, 4) is 11.8 Å². The van der Waals surface area contributed by atoms with Crippen molar-refractivity contribution in [3.05, 3.63) is 28.9 Å². The molecule has 0 spiro atoms. The molecule has 4 heteroatoms. The second-order valence-electron chi connectivity index (χ2n) is 3.16. The molecule has 0 amide bonds. The molecule has 2 rings (SSSR count). The molecule has 0 atom stereocenters. The van der Waals surface area contributed by atoms with Crippen molar-refractivity contribution in [2.24, 2.45) is 0 Å². The van der Waals surface area contributed by atoms with Crippen LogP contribution >= 0.6 is 11.6 Å². The van der Waals surface area contributed by atoms with E-state index in [1.54, 1.807) is 7.11 Å². The lowest BCUT2D eigenvalue weighted by Crippen LogP contribution is -1.83. The molecule has 1 aromatic heterocycles. The van der Waals surface area contributed by atoms with Gasteiger partial charge in [0.25, 0.3) is 0 Å². The second kappa shape index (κ2) is 3.84. The van der Waals surface area contributed by atoms with Gasteiger partial charge >= 0.3 is 0 Å². The minimum Gasteiger partial charge on any atom is -0.497 e. The predicted molar refractivity (Wildman–Crippen MR) is 59.2 cm³/mol. The monoisotopic (exact) mass is 220 g/mol. The van der Waals surface area contributed by atoms with Crippen LogP contribution in [0.15, 0.2) is 18.2 Å². The molecule has 1 N–H and O–H groups in total. The zero-order valence-electron chi connectivity index (χ0n) is 8.17. The first kappa shape index (κ1) is 9.88. The number of methoxy groups -OCH3 is 1. The Hall–Kier alpha value is -1.66. The zero-order chi connectivity index (χ0) is 10.8. The summed E-state index contributed by atoms with van der Waals surface area (Å²) in [7, 11) is 1.61. The maximum Gasteiger partial charge on any atom is 0.119 e. The molecule has 0 aliphatic rings. The molecule has 1 heterocycles. The molecule has 0 fully saturated rings. The average molecular weight is 221 g/mol. The van der Waals surface area contributed by atoms with E-state index in [-0.39, 0.29) is 0 Å². The van der Waals surface area contributed by atoms with Crippen molar-refractivity contribution >= 4 is 22.5 Å². The first-order valence-corrected chi connectivity index (χ1v) is 4.85. The van der Waals surface area contributed by atoms with Crippen molar-refractivity contribution in [1.29, 1.82) is 5.26 Å². The van der Waals surface area contributed by atoms with Gasteiger partial charge in [-0.2, -0.15) is 5.26 Å². The van der Waals surface area contributed by atoms with Gasteiger partial charge in [0.2, 0.25) is 0 Å². The molecule has 76 valence electrons. The number of fused-ring (bicyclic) bond motifs is 1. The third-order valence-corrected chi connectivity index (χ3v) is 2.64. The highest BCUT2D eigenvalue weighted by atomic mass is 35.5. The third-order valence-electron chi connectivity index (χ3n) is 2.32. The van der Waals surface area contributed by atoms with E-state index in [1.165, 1.54) is 0 Å². The molecule has 0 saturated carbocycles. The van der Waals surface area contributed by atoms with E-state index >= 15 is 0 Å². The summed E-state index contributed by atoms with van der Waals surface area (Å²) in [4.78, 5) is 3.02. The van der Waals surface area contributed by atoms with Crippen LogP contribution in [0, 0.1) is 11.3 Å². The van der Waals surface area contributed by atoms with Crippen molar-refractivity contribution in [2.45, 2.75) is 6.42 Å². The van der Waals surface area contributed by atoms with Crippen molar-refractivity contribution in [1.82, 2.24) is 4.98 Å². The van der Waals surface area contributed by atoms with Crippen LogP contribution in [0.4, 0.5) is 0 Å². The number of nitriles is 1. The average Bonchev–Trinajstić information content (AvgIpc) is 2.55. The lowest BCUT2D eigenvalue weighted by atomic mass is 10.1. The number of hydrogen-bond acceptors (Lipinski definition) is 2. The Morgan fingerprint density at radius 3 is 3.00 bits per heavy atom. The minimum atomic E-state index is 0.298. The van der Waals surface area contributed by atoms with Crippen LogP contribution in [0.1, 0.15) is 5.56 Å². The fourth-order valence-corrected chi connectivity index (χ4v) is 1.84. The van der Waals surface area contributed by atoms with Gasteiger partial charge in [0.1, 0.15) is 10.9 Å². The van der Waals surface area contributed by atoms with E-state index in [9.17, 15) is 0 Å². The van der Waals surface area contributed by atoms with Gasteiger partial charge in [-0.25, -0.2) is 0 Å². The van der Waals surface area contributed by atoms with Gasteiger partial charge in [0.15, 0.2) is 0 Å². The molecule has 0 aliphatic carbocycles. The molecule has 0 saturated heterocycles. The van der Waals surface area contributed by atoms with Crippen LogP contribution in [0.5, 0.6) is 5.75 Å². The summed E-state index contributed by atoms with van der Waals surface area (Å²) in [5.74, 6) is 0.761. The quantitative estimate of drug-likeness (QED) is 0.846. The maximum absolute atomic E-state index is 8.69. The van der Waals surface area contributed by atoms with E-state index in [2.05, 4.69) is 11.1 Å². The number of aromatic nitrogens is 1. The standard InChI is InChI=1S/C11H9ClN2O/c1-15-7-2-3-10-9(6-7)8(4-5-13)11(12)14-10/h2-3,6,14H,4H2,1H3. The van der Waals surface area contributed by atoms with Crippen LogP contribution in [0.2, 0.25) is 5.15 Å². The fourth-order valence-electron chi connectivity index (χ4n) is 1.57. The van der Waals surface area contributed by atoms with Gasteiger partial charge in [0, 0.05) is 16.5 Å². The Morgan fingerprint density at radius 2 is 2.33 bits per heavy atom. The lowest BCUT2D eigenvalue weighted by molar-refractivity contribution is 0.415. The number of halogens is 1. The first-order valence-electron chi connectivity index (χ1n) is 4.47. The number of aromatic amines is 1. The summed E-state index contributed by atoms with van der Waals surface area (Å²) in [5.41, 5.74) is 1.75. The maximum atomic E-state index is 8.69. The molecule has 0 bridgehead atoms. The summed E-state index contributed by atoms with van der Waals surface area (Å²) in [6, 6.07) is 7.72. The van der Waals surface area contributed by atoms with E-state index in [0.29, 0.717) is 11.6 Å². The van der Waals surface area contributed by atoms with Gasteiger partial charge in [-0.1, -0.05) is 11.6 Å². The van der Waals surface area contributed by atoms with Crippen molar-refractivity contribution < 1.29 is 4.74 Å². The predicted octanol–water partition coefficient (Wildman–Crippen LogP) is 2.90. The number of nitrogens with one attached hydrogen (secondary N) is 1. The highest BCUT2D eigenvalue weighted by Crippen LogP contribution is 2.29. The van der Waals surface area contributed by atoms with Crippen LogP contribution in [0.25, 0.3) is 10.9 Å². The van der Waals surface area contributed by atoms with Crippen molar-refractivity contribution in [2.75, 3.05) is 7.11 Å². The summed E-state index contributed by atoms with van der Waals surface area (Å²) >= 11 is 5.99. The number of ether oxygens (including phenoxy) is 1. The Bertz CT molecular complexity index is 539. The number of nitrogens with zero attached hydrogens (tertiary/aromatic N) is 1. The van der Waals surface area contributed by atoms with E-state index in [0.717, 1.165) is 22.2 Å². The lowest BCUT2D eigenvalue weighted by Gasteiger charge is -1.99. The normalized spacial score (nSPS) is 10.2. The molecule has 0 unspecified atom stereocenters. The zero-order valence-corrected chi connectivity index (χ0v) is 8.93. The van der Waals surface area contributed by atoms with E-state index < -0.39 is 0 Å². The van der Waals surface area contributed by atoms with Gasteiger partial charge < -0.3 is 9.72 Å². The Labute approximate surface area is 92.2 Å². The smallest absolute Gasteiger partial charge is 0.119 e. The van der Waals surface area contributed by atoms with Gasteiger partial charge in [-0.15, -0.1) is 0 Å². The van der Waals surface area contributed by atoms with Crippen LogP contribution in [-0.4, -0.2) is 12.1 Å². The largest absolute Gasteiger partial charge is 0.497 e.